The van der Waals surface area contributed by atoms with Gasteiger partial charge in [-0.25, -0.2) is 0 Å². The number of ether oxygens (including phenoxy) is 1. The molecule has 0 radical (unpaired) electrons. The van der Waals surface area contributed by atoms with E-state index in [1.807, 2.05) is 71.5 Å². The molecule has 1 aromatic heterocycles. The van der Waals surface area contributed by atoms with E-state index in [0.29, 0.717) is 25.1 Å². The summed E-state index contributed by atoms with van der Waals surface area (Å²) in [5, 5.41) is 11.7. The van der Waals surface area contributed by atoms with Crippen LogP contribution < -0.4 is 10.1 Å². The molecule has 0 saturated carbocycles. The van der Waals surface area contributed by atoms with Crippen LogP contribution in [0.3, 0.4) is 0 Å². The molecule has 7 heteroatoms. The number of carbonyl (C=O) groups is 1. The van der Waals surface area contributed by atoms with E-state index < -0.39 is 0 Å². The van der Waals surface area contributed by atoms with Crippen LogP contribution in [0.1, 0.15) is 24.1 Å². The van der Waals surface area contributed by atoms with Crippen molar-refractivity contribution < 1.29 is 9.53 Å². The maximum atomic E-state index is 12.8. The van der Waals surface area contributed by atoms with Crippen LogP contribution in [0.4, 0.5) is 0 Å². The Balaban J connectivity index is 1.12. The number of aromatic nitrogens is 3. The van der Waals surface area contributed by atoms with E-state index in [9.17, 15) is 4.79 Å². The van der Waals surface area contributed by atoms with Crippen molar-refractivity contribution in [2.75, 3.05) is 13.1 Å². The zero-order valence-electron chi connectivity index (χ0n) is 18.1. The average Bonchev–Trinajstić information content (AvgIpc) is 3.30. The fourth-order valence-electron chi connectivity index (χ4n) is 4.93. The third-order valence-electron chi connectivity index (χ3n) is 6.64. The molecule has 32 heavy (non-hydrogen) atoms. The fraction of sp³-hybridized carbons (Fsp3) is 0.400. The lowest BCUT2D eigenvalue weighted by atomic mass is 9.75. The molecule has 3 aromatic rings. The Kier molecular flexibility index (Phi) is 6.16. The van der Waals surface area contributed by atoms with Gasteiger partial charge in [-0.2, -0.15) is 0 Å². The minimum atomic E-state index is 0.0780. The van der Waals surface area contributed by atoms with Gasteiger partial charge in [0, 0.05) is 19.1 Å². The fourth-order valence-corrected chi connectivity index (χ4v) is 4.93. The molecule has 3 aliphatic rings. The Morgan fingerprint density at radius 2 is 1.88 bits per heavy atom. The highest BCUT2D eigenvalue weighted by molar-refractivity contribution is 5.79. The van der Waals surface area contributed by atoms with Crippen molar-refractivity contribution in [1.82, 2.24) is 25.2 Å². The highest BCUT2D eigenvalue weighted by Crippen LogP contribution is 2.37. The van der Waals surface area contributed by atoms with E-state index in [2.05, 4.69) is 20.5 Å². The summed E-state index contributed by atoms with van der Waals surface area (Å²) >= 11 is 0. The molecule has 1 amide bonds. The molecule has 4 atom stereocenters. The lowest BCUT2D eigenvalue weighted by Crippen LogP contribution is -2.58. The number of piperidine rings is 3. The van der Waals surface area contributed by atoms with Gasteiger partial charge in [0.25, 0.3) is 0 Å². The van der Waals surface area contributed by atoms with Crippen molar-refractivity contribution in [3.63, 3.8) is 0 Å². The normalized spacial score (nSPS) is 24.2. The molecule has 166 valence electrons. The summed E-state index contributed by atoms with van der Waals surface area (Å²) in [5.74, 6) is 1.52. The first-order valence-electron chi connectivity index (χ1n) is 11.4. The van der Waals surface area contributed by atoms with Gasteiger partial charge in [-0.3, -0.25) is 14.4 Å². The van der Waals surface area contributed by atoms with Gasteiger partial charge in [-0.15, -0.1) is 5.10 Å². The Morgan fingerprint density at radius 1 is 1.09 bits per heavy atom. The second-order valence-electron chi connectivity index (χ2n) is 8.78. The molecule has 6 rings (SSSR count). The molecule has 2 aromatic carbocycles. The largest absolute Gasteiger partial charge is 0.487 e. The summed E-state index contributed by atoms with van der Waals surface area (Å²) in [7, 11) is 0. The first-order valence-corrected chi connectivity index (χ1v) is 11.4. The molecule has 3 aliphatic heterocycles. The number of nitrogens with zero attached hydrogens (tertiary/aromatic N) is 4. The smallest absolute Gasteiger partial charge is 0.224 e. The van der Waals surface area contributed by atoms with Crippen molar-refractivity contribution in [2.24, 2.45) is 11.8 Å². The van der Waals surface area contributed by atoms with E-state index in [4.69, 9.17) is 4.74 Å². The number of benzene rings is 2. The number of fused-ring (bicyclic) bond motifs is 3. The third kappa shape index (κ3) is 4.83. The van der Waals surface area contributed by atoms with Gasteiger partial charge in [0.2, 0.25) is 5.91 Å². The number of nitrogens with one attached hydrogen (secondary N) is 1. The van der Waals surface area contributed by atoms with Gasteiger partial charge in [0.1, 0.15) is 18.1 Å². The molecule has 3 saturated heterocycles. The van der Waals surface area contributed by atoms with E-state index in [-0.39, 0.29) is 11.8 Å². The van der Waals surface area contributed by atoms with Crippen LogP contribution in [0.5, 0.6) is 5.75 Å². The summed E-state index contributed by atoms with van der Waals surface area (Å²) in [6.07, 6.45) is 4.09. The topological polar surface area (TPSA) is 72.3 Å². The molecule has 0 aliphatic carbocycles. The van der Waals surface area contributed by atoms with Crippen molar-refractivity contribution in [1.29, 1.82) is 0 Å². The monoisotopic (exact) mass is 431 g/mol. The first kappa shape index (κ1) is 20.7. The van der Waals surface area contributed by atoms with Crippen molar-refractivity contribution in [3.05, 3.63) is 78.1 Å². The third-order valence-corrected chi connectivity index (χ3v) is 6.64. The zero-order valence-corrected chi connectivity index (χ0v) is 18.1. The van der Waals surface area contributed by atoms with Crippen LogP contribution >= 0.6 is 0 Å². The predicted molar refractivity (Wildman–Crippen MR) is 121 cm³/mol. The molecule has 1 N–H and O–H groups in total. The Bertz CT molecular complexity index is 1020. The van der Waals surface area contributed by atoms with Crippen LogP contribution in [0.2, 0.25) is 0 Å². The van der Waals surface area contributed by atoms with Gasteiger partial charge in [0.05, 0.1) is 18.7 Å². The standard InChI is InChI=1S/C25H29N5O2/c31-25(26-14-19-7-3-1-4-8-19)24-17-29-12-11-20(24)13-22(29)16-30-15-21(27-28-30)18-32-23-9-5-2-6-10-23/h1-10,15,20,22,24H,11-14,16-18H2,(H,26,31)/t20?,22-,24+/m1/s1. The minimum Gasteiger partial charge on any atom is -0.487 e. The second kappa shape index (κ2) is 9.53. The maximum Gasteiger partial charge on any atom is 0.224 e. The van der Waals surface area contributed by atoms with Gasteiger partial charge in [0.15, 0.2) is 0 Å². The number of rotatable bonds is 8. The summed E-state index contributed by atoms with van der Waals surface area (Å²) in [5.41, 5.74) is 1.96. The van der Waals surface area contributed by atoms with Gasteiger partial charge >= 0.3 is 0 Å². The Hall–Kier alpha value is -3.19. The molecule has 2 bridgehead atoms. The van der Waals surface area contributed by atoms with Crippen LogP contribution in [0.15, 0.2) is 66.9 Å². The molecule has 0 spiro atoms. The number of para-hydroxylation sites is 1. The molecule has 7 nitrogen and oxygen atoms in total. The quantitative estimate of drug-likeness (QED) is 0.594. The van der Waals surface area contributed by atoms with Crippen LogP contribution in [-0.2, 0) is 24.5 Å². The van der Waals surface area contributed by atoms with Crippen LogP contribution in [0, 0.1) is 11.8 Å². The maximum absolute atomic E-state index is 12.8. The molecular weight excluding hydrogens is 402 g/mol. The minimum absolute atomic E-state index is 0.0780. The van der Waals surface area contributed by atoms with E-state index in [0.717, 1.165) is 49.5 Å². The Morgan fingerprint density at radius 3 is 2.62 bits per heavy atom. The highest BCUT2D eigenvalue weighted by Gasteiger charge is 2.43. The number of carbonyl (C=O) groups excluding carboxylic acids is 1. The number of hydrogen-bond acceptors (Lipinski definition) is 5. The van der Waals surface area contributed by atoms with E-state index in [1.165, 1.54) is 0 Å². The van der Waals surface area contributed by atoms with Crippen molar-refractivity contribution in [3.8, 4) is 5.75 Å². The predicted octanol–water partition coefficient (Wildman–Crippen LogP) is 2.88. The SMILES string of the molecule is O=C(NCc1ccccc1)[C@H]1CN2CCC1C[C@@H]2Cn1cc(COc2ccccc2)nn1. The summed E-state index contributed by atoms with van der Waals surface area (Å²) in [6.45, 7) is 3.68. The van der Waals surface area contributed by atoms with Crippen molar-refractivity contribution in [2.45, 2.75) is 38.6 Å². The number of hydrogen-bond donors (Lipinski definition) is 1. The van der Waals surface area contributed by atoms with Gasteiger partial charge in [-0.05, 0) is 43.0 Å². The summed E-state index contributed by atoms with van der Waals surface area (Å²) < 4.78 is 7.69. The molecule has 4 heterocycles. The van der Waals surface area contributed by atoms with Crippen LogP contribution in [-0.4, -0.2) is 44.9 Å². The first-order chi connectivity index (χ1) is 15.7. The van der Waals surface area contributed by atoms with Crippen molar-refractivity contribution >= 4 is 5.91 Å². The molecule has 3 fully saturated rings. The average molecular weight is 432 g/mol. The molecule has 2 unspecified atom stereocenters. The van der Waals surface area contributed by atoms with Crippen LogP contribution in [0.25, 0.3) is 0 Å². The zero-order chi connectivity index (χ0) is 21.8. The lowest BCUT2D eigenvalue weighted by molar-refractivity contribution is -0.133. The highest BCUT2D eigenvalue weighted by atomic mass is 16.5. The summed E-state index contributed by atoms with van der Waals surface area (Å²) in [4.78, 5) is 15.3. The van der Waals surface area contributed by atoms with E-state index in [1.54, 1.807) is 0 Å². The Labute approximate surface area is 188 Å². The van der Waals surface area contributed by atoms with Gasteiger partial charge < -0.3 is 10.1 Å². The summed E-state index contributed by atoms with van der Waals surface area (Å²) in [6, 6.07) is 20.2. The van der Waals surface area contributed by atoms with E-state index >= 15 is 0 Å². The van der Waals surface area contributed by atoms with Gasteiger partial charge in [-0.1, -0.05) is 53.7 Å². The molecular formula is C25H29N5O2. The second-order valence-corrected chi connectivity index (χ2v) is 8.78. The number of amides is 1. The lowest BCUT2D eigenvalue weighted by Gasteiger charge is -2.49.